The number of hydrogen-bond acceptors (Lipinski definition) is 6. The van der Waals surface area contributed by atoms with Gasteiger partial charge in [-0.05, 0) is 36.4 Å². The number of nitrogens with zero attached hydrogens (tertiary/aromatic N) is 3. The molecule has 31 heavy (non-hydrogen) atoms. The van der Waals surface area contributed by atoms with Crippen molar-refractivity contribution in [3.63, 3.8) is 0 Å². The van der Waals surface area contributed by atoms with Crippen molar-refractivity contribution in [1.82, 2.24) is 5.01 Å². The van der Waals surface area contributed by atoms with E-state index in [0.29, 0.717) is 18.8 Å². The molecule has 6 rings (SSSR count). The number of para-hydroxylation sites is 1. The Kier molecular flexibility index (Phi) is 4.07. The van der Waals surface area contributed by atoms with Gasteiger partial charge < -0.3 is 14.2 Å². The molecule has 0 radical (unpaired) electrons. The Labute approximate surface area is 179 Å². The van der Waals surface area contributed by atoms with Gasteiger partial charge in [0.2, 0.25) is 6.23 Å². The Morgan fingerprint density at radius 1 is 0.903 bits per heavy atom. The van der Waals surface area contributed by atoms with Crippen LogP contribution >= 0.6 is 0 Å². The van der Waals surface area contributed by atoms with Gasteiger partial charge in [0, 0.05) is 23.1 Å². The van der Waals surface area contributed by atoms with Gasteiger partial charge >= 0.3 is 0 Å². The third kappa shape index (κ3) is 2.98. The number of nitriles is 1. The first-order valence-corrected chi connectivity index (χ1v) is 10.3. The molecule has 0 aromatic heterocycles. The fraction of sp³-hybridized carbons (Fsp3) is 0.200. The average Bonchev–Trinajstić information content (AvgIpc) is 3.29. The number of hydrogen-bond donors (Lipinski definition) is 0. The summed E-state index contributed by atoms with van der Waals surface area (Å²) in [5.74, 6) is 2.41. The zero-order chi connectivity index (χ0) is 20.8. The van der Waals surface area contributed by atoms with Gasteiger partial charge in [-0.15, -0.1) is 0 Å². The number of benzene rings is 3. The Morgan fingerprint density at radius 3 is 2.55 bits per heavy atom. The van der Waals surface area contributed by atoms with Crippen molar-refractivity contribution in [2.75, 3.05) is 13.2 Å². The summed E-state index contributed by atoms with van der Waals surface area (Å²) in [4.78, 5) is 0. The van der Waals surface area contributed by atoms with Crippen molar-refractivity contribution in [3.8, 4) is 23.3 Å². The molecule has 3 aromatic carbocycles. The minimum Gasteiger partial charge on any atom is -0.486 e. The summed E-state index contributed by atoms with van der Waals surface area (Å²) in [7, 11) is 0. The van der Waals surface area contributed by atoms with Gasteiger partial charge in [0.05, 0.1) is 23.4 Å². The average molecular weight is 409 g/mol. The van der Waals surface area contributed by atoms with Gasteiger partial charge in [0.25, 0.3) is 0 Å². The third-order valence-electron chi connectivity index (χ3n) is 5.90. The van der Waals surface area contributed by atoms with E-state index in [2.05, 4.69) is 12.1 Å². The molecule has 0 aliphatic carbocycles. The maximum Gasteiger partial charge on any atom is 0.213 e. The maximum atomic E-state index is 9.13. The first kappa shape index (κ1) is 17.8. The number of ether oxygens (including phenoxy) is 3. The van der Waals surface area contributed by atoms with E-state index in [0.717, 1.165) is 46.1 Å². The van der Waals surface area contributed by atoms with Crippen LogP contribution in [0.4, 0.5) is 0 Å². The summed E-state index contributed by atoms with van der Waals surface area (Å²) in [6, 6.07) is 23.9. The van der Waals surface area contributed by atoms with Gasteiger partial charge in [-0.25, -0.2) is 5.01 Å². The molecule has 0 spiro atoms. The molecule has 152 valence electrons. The molecular formula is C25H19N3O3. The highest BCUT2D eigenvalue weighted by atomic mass is 16.6. The number of fused-ring (bicyclic) bond motifs is 4. The van der Waals surface area contributed by atoms with Crippen LogP contribution in [0.2, 0.25) is 0 Å². The first-order chi connectivity index (χ1) is 15.3. The molecule has 0 amide bonds. The van der Waals surface area contributed by atoms with Crippen LogP contribution in [0.15, 0.2) is 71.8 Å². The van der Waals surface area contributed by atoms with Gasteiger partial charge in [0.1, 0.15) is 19.0 Å². The van der Waals surface area contributed by atoms with Crippen LogP contribution < -0.4 is 14.2 Å². The van der Waals surface area contributed by atoms with E-state index >= 15 is 0 Å². The Hall–Kier alpha value is -3.98. The van der Waals surface area contributed by atoms with E-state index in [1.807, 2.05) is 65.7 Å². The molecule has 0 saturated heterocycles. The first-order valence-electron chi connectivity index (χ1n) is 10.3. The minimum absolute atomic E-state index is 0.0776. The fourth-order valence-corrected chi connectivity index (χ4v) is 4.37. The normalized spacial score (nSPS) is 20.7. The van der Waals surface area contributed by atoms with Crippen molar-refractivity contribution >= 4 is 5.71 Å². The van der Waals surface area contributed by atoms with E-state index in [4.69, 9.17) is 24.6 Å². The summed E-state index contributed by atoms with van der Waals surface area (Å²) in [5.41, 5.74) is 4.73. The van der Waals surface area contributed by atoms with E-state index < -0.39 is 0 Å². The van der Waals surface area contributed by atoms with E-state index in [9.17, 15) is 0 Å². The van der Waals surface area contributed by atoms with Crippen molar-refractivity contribution in [3.05, 3.63) is 89.0 Å². The van der Waals surface area contributed by atoms with Crippen LogP contribution in [0, 0.1) is 11.3 Å². The zero-order valence-electron chi connectivity index (χ0n) is 16.7. The summed E-state index contributed by atoms with van der Waals surface area (Å²) in [6.07, 6.45) is 0.412. The standard InChI is InChI=1S/C25H19N3O3/c26-15-16-5-7-17(8-6-16)25-28-21(19-3-1-2-4-22(19)31-25)14-20(27-28)18-9-10-23-24(13-18)30-12-11-29-23/h1-10,13,21,25H,11-12,14H2/t21-,25+/m0/s1. The molecule has 0 saturated carbocycles. The smallest absolute Gasteiger partial charge is 0.213 e. The summed E-state index contributed by atoms with van der Waals surface area (Å²) < 4.78 is 17.8. The molecule has 0 fully saturated rings. The predicted octanol–water partition coefficient (Wildman–Crippen LogP) is 4.57. The molecule has 6 heteroatoms. The SMILES string of the molecule is N#Cc1ccc([C@H]2Oc3ccccc3[C@@H]3CC(c4ccc5c(c4)OCCO5)=NN23)cc1. The Bertz CT molecular complexity index is 1230. The molecule has 0 unspecified atom stereocenters. The van der Waals surface area contributed by atoms with Gasteiger partial charge in [-0.3, -0.25) is 0 Å². The number of hydrazone groups is 1. The largest absolute Gasteiger partial charge is 0.486 e. The monoisotopic (exact) mass is 409 g/mol. The van der Waals surface area contributed by atoms with Crippen LogP contribution in [0.5, 0.6) is 17.2 Å². The van der Waals surface area contributed by atoms with Crippen molar-refractivity contribution in [2.24, 2.45) is 5.10 Å². The fourth-order valence-electron chi connectivity index (χ4n) is 4.37. The Morgan fingerprint density at radius 2 is 1.71 bits per heavy atom. The lowest BCUT2D eigenvalue weighted by Crippen LogP contribution is -2.33. The lowest BCUT2D eigenvalue weighted by molar-refractivity contribution is -0.0190. The van der Waals surface area contributed by atoms with Crippen LogP contribution in [-0.4, -0.2) is 23.9 Å². The molecule has 3 aromatic rings. The van der Waals surface area contributed by atoms with Crippen molar-refractivity contribution in [1.29, 1.82) is 5.26 Å². The molecule has 6 nitrogen and oxygen atoms in total. The molecule has 2 atom stereocenters. The summed E-state index contributed by atoms with van der Waals surface area (Å²) >= 11 is 0. The molecule has 0 N–H and O–H groups in total. The quantitative estimate of drug-likeness (QED) is 0.620. The highest BCUT2D eigenvalue weighted by Crippen LogP contribution is 2.47. The Balaban J connectivity index is 1.40. The van der Waals surface area contributed by atoms with Crippen LogP contribution in [0.3, 0.4) is 0 Å². The lowest BCUT2D eigenvalue weighted by Gasteiger charge is -2.38. The predicted molar refractivity (Wildman–Crippen MR) is 114 cm³/mol. The lowest BCUT2D eigenvalue weighted by atomic mass is 9.95. The zero-order valence-corrected chi connectivity index (χ0v) is 16.7. The van der Waals surface area contributed by atoms with E-state index in [1.54, 1.807) is 0 Å². The highest BCUT2D eigenvalue weighted by molar-refractivity contribution is 6.02. The molecule has 0 bridgehead atoms. The third-order valence-corrected chi connectivity index (χ3v) is 5.90. The number of rotatable bonds is 2. The van der Waals surface area contributed by atoms with Gasteiger partial charge in [-0.2, -0.15) is 10.4 Å². The molecule has 3 aliphatic heterocycles. The van der Waals surface area contributed by atoms with Crippen LogP contribution in [0.1, 0.15) is 40.9 Å². The van der Waals surface area contributed by atoms with E-state index in [1.165, 1.54) is 0 Å². The molecule has 3 aliphatic rings. The summed E-state index contributed by atoms with van der Waals surface area (Å²) in [5, 5.41) is 16.2. The highest BCUT2D eigenvalue weighted by Gasteiger charge is 2.41. The van der Waals surface area contributed by atoms with Gasteiger partial charge in [0.15, 0.2) is 11.5 Å². The van der Waals surface area contributed by atoms with Crippen LogP contribution in [0.25, 0.3) is 0 Å². The second-order valence-corrected chi connectivity index (χ2v) is 7.75. The van der Waals surface area contributed by atoms with Crippen molar-refractivity contribution in [2.45, 2.75) is 18.7 Å². The minimum atomic E-state index is -0.359. The topological polar surface area (TPSA) is 67.1 Å². The maximum absolute atomic E-state index is 9.13. The molecular weight excluding hydrogens is 390 g/mol. The van der Waals surface area contributed by atoms with E-state index in [-0.39, 0.29) is 12.3 Å². The van der Waals surface area contributed by atoms with Gasteiger partial charge in [-0.1, -0.05) is 30.3 Å². The second-order valence-electron chi connectivity index (χ2n) is 7.75. The van der Waals surface area contributed by atoms with Crippen LogP contribution in [-0.2, 0) is 0 Å². The molecule has 3 heterocycles. The second kappa shape index (κ2) is 7.06. The van der Waals surface area contributed by atoms with Crippen molar-refractivity contribution < 1.29 is 14.2 Å². The summed E-state index contributed by atoms with van der Waals surface area (Å²) in [6.45, 7) is 1.13.